The molecule has 0 saturated heterocycles. The smallest absolute Gasteiger partial charge is 0.338 e. The van der Waals surface area contributed by atoms with Crippen molar-refractivity contribution < 1.29 is 33.7 Å². The average molecular weight is 499 g/mol. The normalized spacial score (nSPS) is 10.6. The van der Waals surface area contributed by atoms with Gasteiger partial charge in [0.05, 0.1) is 6.61 Å². The number of benzene rings is 3. The number of hydrogen-bond acceptors (Lipinski definition) is 7. The van der Waals surface area contributed by atoms with E-state index in [1.54, 1.807) is 25.1 Å². The van der Waals surface area contributed by atoms with E-state index in [-0.39, 0.29) is 17.1 Å². The van der Waals surface area contributed by atoms with Crippen LogP contribution >= 0.6 is 0 Å². The van der Waals surface area contributed by atoms with Crippen LogP contribution < -0.4 is 14.2 Å². The Kier molecular flexibility index (Phi) is 8.91. The molecule has 7 heteroatoms. The number of hydrogen-bond donors (Lipinski definition) is 1. The van der Waals surface area contributed by atoms with Crippen LogP contribution in [0.4, 0.5) is 0 Å². The highest BCUT2D eigenvalue weighted by Crippen LogP contribution is 2.26. The zero-order chi connectivity index (χ0) is 26.9. The summed E-state index contributed by atoms with van der Waals surface area (Å²) in [7, 11) is 0. The van der Waals surface area contributed by atoms with Crippen LogP contribution in [0.2, 0.25) is 0 Å². The molecule has 0 fully saturated rings. The van der Waals surface area contributed by atoms with Crippen molar-refractivity contribution in [3.8, 4) is 28.4 Å². The van der Waals surface area contributed by atoms with Gasteiger partial charge in [0.15, 0.2) is 0 Å². The van der Waals surface area contributed by atoms with E-state index in [4.69, 9.17) is 14.2 Å². The highest BCUT2D eigenvalue weighted by atomic mass is 16.5. The maximum absolute atomic E-state index is 12.3. The molecule has 3 rings (SSSR count). The third-order valence-corrected chi connectivity index (χ3v) is 5.04. The van der Waals surface area contributed by atoms with Crippen LogP contribution in [0.1, 0.15) is 25.0 Å². The lowest BCUT2D eigenvalue weighted by atomic mass is 10.0. The molecule has 0 unspecified atom stereocenters. The Morgan fingerprint density at radius 3 is 1.81 bits per heavy atom. The average Bonchev–Trinajstić information content (AvgIpc) is 2.89. The minimum atomic E-state index is -0.634. The van der Waals surface area contributed by atoms with Crippen LogP contribution in [0.15, 0.2) is 97.1 Å². The highest BCUT2D eigenvalue weighted by Gasteiger charge is 2.12. The number of esters is 3. The predicted molar refractivity (Wildman–Crippen MR) is 140 cm³/mol. The van der Waals surface area contributed by atoms with Gasteiger partial charge in [-0.1, -0.05) is 49.6 Å². The first kappa shape index (κ1) is 26.8. The van der Waals surface area contributed by atoms with Gasteiger partial charge in [0.25, 0.3) is 0 Å². The fourth-order valence-electron chi connectivity index (χ4n) is 3.04. The van der Waals surface area contributed by atoms with Crippen LogP contribution in [-0.4, -0.2) is 23.0 Å². The van der Waals surface area contributed by atoms with Gasteiger partial charge in [-0.15, -0.1) is 0 Å². The summed E-state index contributed by atoms with van der Waals surface area (Å²) < 4.78 is 15.7. The highest BCUT2D eigenvalue weighted by molar-refractivity contribution is 5.90. The van der Waals surface area contributed by atoms with Crippen molar-refractivity contribution in [1.29, 1.82) is 0 Å². The Labute approximate surface area is 214 Å². The molecule has 0 aliphatic rings. The van der Waals surface area contributed by atoms with Gasteiger partial charge in [0.2, 0.25) is 0 Å². The van der Waals surface area contributed by atoms with E-state index in [1.165, 1.54) is 31.2 Å². The summed E-state index contributed by atoms with van der Waals surface area (Å²) in [5, 5.41) is 9.61. The molecule has 0 spiro atoms. The lowest BCUT2D eigenvalue weighted by molar-refractivity contribution is -0.131. The van der Waals surface area contributed by atoms with Gasteiger partial charge in [-0.2, -0.15) is 0 Å². The van der Waals surface area contributed by atoms with Crippen molar-refractivity contribution in [2.24, 2.45) is 0 Å². The second-order valence-electron chi connectivity index (χ2n) is 8.17. The zero-order valence-electron chi connectivity index (χ0n) is 20.5. The van der Waals surface area contributed by atoms with Crippen molar-refractivity contribution in [2.45, 2.75) is 20.5 Å². The molecule has 7 nitrogen and oxygen atoms in total. The van der Waals surface area contributed by atoms with Crippen molar-refractivity contribution in [2.75, 3.05) is 0 Å². The van der Waals surface area contributed by atoms with Crippen LogP contribution in [0, 0.1) is 0 Å². The summed E-state index contributed by atoms with van der Waals surface area (Å²) >= 11 is 0. The largest absolute Gasteiger partial charge is 0.423 e. The molecule has 0 aliphatic carbocycles. The molecular formula is C30H26O7. The molecule has 3 aromatic rings. The molecule has 0 bridgehead atoms. The Morgan fingerprint density at radius 2 is 1.27 bits per heavy atom. The quantitative estimate of drug-likeness (QED) is 0.239. The number of aliphatic hydroxyl groups excluding tert-OH is 1. The number of aliphatic hydroxyl groups is 1. The molecular weight excluding hydrogens is 472 g/mol. The molecule has 0 aromatic heterocycles. The van der Waals surface area contributed by atoms with Crippen LogP contribution in [0.25, 0.3) is 17.2 Å². The van der Waals surface area contributed by atoms with E-state index in [2.05, 4.69) is 13.2 Å². The second-order valence-corrected chi connectivity index (χ2v) is 8.17. The molecule has 188 valence electrons. The summed E-state index contributed by atoms with van der Waals surface area (Å²) in [5.41, 5.74) is 3.50. The van der Waals surface area contributed by atoms with Crippen molar-refractivity contribution in [3.63, 3.8) is 0 Å². The third kappa shape index (κ3) is 7.62. The molecule has 0 atom stereocenters. The van der Waals surface area contributed by atoms with Gasteiger partial charge < -0.3 is 19.3 Å². The lowest BCUT2D eigenvalue weighted by Crippen LogP contribution is -2.09. The molecule has 0 radical (unpaired) electrons. The van der Waals surface area contributed by atoms with Crippen LogP contribution in [-0.2, 0) is 21.0 Å². The van der Waals surface area contributed by atoms with Gasteiger partial charge in [0.1, 0.15) is 17.2 Å². The molecule has 0 saturated carbocycles. The van der Waals surface area contributed by atoms with Gasteiger partial charge in [-0.25, -0.2) is 14.4 Å². The van der Waals surface area contributed by atoms with Gasteiger partial charge in [-0.05, 0) is 66.9 Å². The van der Waals surface area contributed by atoms with E-state index < -0.39 is 24.5 Å². The number of ether oxygens (including phenoxy) is 3. The number of carbonyl (C=O) groups excluding carboxylic acids is 3. The third-order valence-electron chi connectivity index (χ3n) is 5.04. The Bertz CT molecular complexity index is 1360. The number of carbonyl (C=O) groups is 3. The standard InChI is InChI=1S/C30H26O7/c1-19(2)29(33)35-25-12-10-23(11-13-25)22-8-5-21(6-9-22)7-16-28(32)37-27-15-14-26(17-24(27)18-31)36-30(34)20(3)4/h5-17,31H,1,3,18H2,2,4H3/b16-7+. The molecule has 1 N–H and O–H groups in total. The van der Waals surface area contributed by atoms with Gasteiger partial charge in [-0.3, -0.25) is 0 Å². The maximum atomic E-state index is 12.3. The Balaban J connectivity index is 1.62. The summed E-state index contributed by atoms with van der Waals surface area (Å²) in [6.07, 6.45) is 2.88. The monoisotopic (exact) mass is 498 g/mol. The van der Waals surface area contributed by atoms with Gasteiger partial charge >= 0.3 is 17.9 Å². The molecule has 0 aliphatic heterocycles. The first-order valence-electron chi connectivity index (χ1n) is 11.3. The predicted octanol–water partition coefficient (Wildman–Crippen LogP) is 5.43. The van der Waals surface area contributed by atoms with E-state index in [9.17, 15) is 19.5 Å². The molecule has 3 aromatic carbocycles. The lowest BCUT2D eigenvalue weighted by Gasteiger charge is -2.10. The minimum Gasteiger partial charge on any atom is -0.423 e. The topological polar surface area (TPSA) is 99.1 Å². The fourth-order valence-corrected chi connectivity index (χ4v) is 3.04. The first-order valence-corrected chi connectivity index (χ1v) is 11.3. The summed E-state index contributed by atoms with van der Waals surface area (Å²) in [4.78, 5) is 35.6. The van der Waals surface area contributed by atoms with E-state index in [1.807, 2.05) is 36.4 Å². The van der Waals surface area contributed by atoms with E-state index >= 15 is 0 Å². The molecule has 0 heterocycles. The van der Waals surface area contributed by atoms with Crippen molar-refractivity contribution >= 4 is 24.0 Å². The number of rotatable bonds is 9. The van der Waals surface area contributed by atoms with Crippen LogP contribution in [0.5, 0.6) is 17.2 Å². The summed E-state index contributed by atoms with van der Waals surface area (Å²) in [6, 6.07) is 18.9. The Morgan fingerprint density at radius 1 is 0.757 bits per heavy atom. The van der Waals surface area contributed by atoms with E-state index in [0.29, 0.717) is 16.9 Å². The summed E-state index contributed by atoms with van der Waals surface area (Å²) in [6.45, 7) is 9.77. The Hall–Kier alpha value is -4.75. The first-order chi connectivity index (χ1) is 17.7. The zero-order valence-corrected chi connectivity index (χ0v) is 20.5. The summed E-state index contributed by atoms with van der Waals surface area (Å²) in [5.74, 6) is -0.915. The second kappa shape index (κ2) is 12.3. The SMILES string of the molecule is C=C(C)C(=O)Oc1ccc(-c2ccc(/C=C/C(=O)Oc3ccc(OC(=O)C(=C)C)cc3CO)cc2)cc1. The van der Waals surface area contributed by atoms with Crippen molar-refractivity contribution in [1.82, 2.24) is 0 Å². The van der Waals surface area contributed by atoms with Crippen LogP contribution in [0.3, 0.4) is 0 Å². The van der Waals surface area contributed by atoms with E-state index in [0.717, 1.165) is 16.7 Å². The molecule has 0 amide bonds. The van der Waals surface area contributed by atoms with Gasteiger partial charge in [0, 0.05) is 22.8 Å². The van der Waals surface area contributed by atoms with Crippen molar-refractivity contribution in [3.05, 3.63) is 108 Å². The fraction of sp³-hybridized carbons (Fsp3) is 0.100. The molecule has 37 heavy (non-hydrogen) atoms. The minimum absolute atomic E-state index is 0.153. The maximum Gasteiger partial charge on any atom is 0.338 e.